The van der Waals surface area contributed by atoms with E-state index in [0.717, 1.165) is 11.1 Å². The summed E-state index contributed by atoms with van der Waals surface area (Å²) in [7, 11) is 0. The van der Waals surface area contributed by atoms with Crippen LogP contribution >= 0.6 is 0 Å². The van der Waals surface area contributed by atoms with Crippen LogP contribution in [0.2, 0.25) is 0 Å². The predicted octanol–water partition coefficient (Wildman–Crippen LogP) is 1.86. The molecule has 0 aromatic heterocycles. The zero-order valence-electron chi connectivity index (χ0n) is 11.1. The highest BCUT2D eigenvalue weighted by Gasteiger charge is 2.18. The standard InChI is InChI=1S/C16H18N2O2/c17-10-15(13-6-2-1-3-7-13)16(20)18-14-8-4-5-12(9-14)11-19/h1-9,15,19H,10-11,17H2,(H,18,20). The summed E-state index contributed by atoms with van der Waals surface area (Å²) < 4.78 is 0. The van der Waals surface area contributed by atoms with Crippen molar-refractivity contribution < 1.29 is 9.90 Å². The van der Waals surface area contributed by atoms with E-state index in [1.54, 1.807) is 24.3 Å². The molecule has 0 fully saturated rings. The number of amides is 1. The minimum absolute atomic E-state index is 0.0529. The molecule has 2 aromatic rings. The molecule has 0 radical (unpaired) electrons. The number of benzene rings is 2. The number of rotatable bonds is 5. The van der Waals surface area contributed by atoms with E-state index in [4.69, 9.17) is 10.8 Å². The number of carbonyl (C=O) groups is 1. The van der Waals surface area contributed by atoms with E-state index in [9.17, 15) is 4.79 Å². The lowest BCUT2D eigenvalue weighted by Gasteiger charge is -2.15. The topological polar surface area (TPSA) is 75.4 Å². The number of anilines is 1. The van der Waals surface area contributed by atoms with Crippen LogP contribution in [-0.4, -0.2) is 17.6 Å². The molecule has 2 rings (SSSR count). The van der Waals surface area contributed by atoms with Gasteiger partial charge < -0.3 is 16.2 Å². The van der Waals surface area contributed by atoms with E-state index in [-0.39, 0.29) is 25.0 Å². The minimum Gasteiger partial charge on any atom is -0.392 e. The van der Waals surface area contributed by atoms with Crippen molar-refractivity contribution in [3.05, 3.63) is 65.7 Å². The Morgan fingerprint density at radius 1 is 1.15 bits per heavy atom. The lowest BCUT2D eigenvalue weighted by molar-refractivity contribution is -0.117. The average Bonchev–Trinajstić information content (AvgIpc) is 2.49. The van der Waals surface area contributed by atoms with Crippen LogP contribution in [0.5, 0.6) is 0 Å². The Bertz CT molecular complexity index is 570. The number of nitrogens with two attached hydrogens (primary N) is 1. The molecule has 0 aliphatic rings. The van der Waals surface area contributed by atoms with Gasteiger partial charge in [-0.1, -0.05) is 42.5 Å². The maximum Gasteiger partial charge on any atom is 0.233 e. The smallest absolute Gasteiger partial charge is 0.233 e. The summed E-state index contributed by atoms with van der Waals surface area (Å²) in [6, 6.07) is 16.6. The summed E-state index contributed by atoms with van der Waals surface area (Å²) >= 11 is 0. The third-order valence-corrected chi connectivity index (χ3v) is 3.13. The van der Waals surface area contributed by atoms with Crippen LogP contribution in [0.4, 0.5) is 5.69 Å². The lowest BCUT2D eigenvalue weighted by Crippen LogP contribution is -2.27. The van der Waals surface area contributed by atoms with Gasteiger partial charge in [0.05, 0.1) is 12.5 Å². The molecule has 4 nitrogen and oxygen atoms in total. The molecule has 0 aliphatic heterocycles. The number of aliphatic hydroxyl groups is 1. The molecule has 0 saturated heterocycles. The molecule has 4 heteroatoms. The Kier molecular flexibility index (Phi) is 4.87. The van der Waals surface area contributed by atoms with E-state index in [1.165, 1.54) is 0 Å². The minimum atomic E-state index is -0.381. The molecule has 0 bridgehead atoms. The van der Waals surface area contributed by atoms with Gasteiger partial charge >= 0.3 is 0 Å². The van der Waals surface area contributed by atoms with Gasteiger partial charge in [0.15, 0.2) is 0 Å². The molecule has 20 heavy (non-hydrogen) atoms. The summed E-state index contributed by atoms with van der Waals surface area (Å²) in [5.74, 6) is -0.525. The van der Waals surface area contributed by atoms with Gasteiger partial charge in [0.25, 0.3) is 0 Å². The highest BCUT2D eigenvalue weighted by atomic mass is 16.3. The molecule has 4 N–H and O–H groups in total. The molecular weight excluding hydrogens is 252 g/mol. The SMILES string of the molecule is NCC(C(=O)Nc1cccc(CO)c1)c1ccccc1. The van der Waals surface area contributed by atoms with Crippen LogP contribution in [0.25, 0.3) is 0 Å². The fourth-order valence-electron chi connectivity index (χ4n) is 2.06. The van der Waals surface area contributed by atoms with E-state index in [1.807, 2.05) is 30.3 Å². The fourth-order valence-corrected chi connectivity index (χ4v) is 2.06. The number of nitrogens with one attached hydrogen (secondary N) is 1. The van der Waals surface area contributed by atoms with E-state index < -0.39 is 0 Å². The average molecular weight is 270 g/mol. The van der Waals surface area contributed by atoms with E-state index in [2.05, 4.69) is 5.32 Å². The predicted molar refractivity (Wildman–Crippen MR) is 79.2 cm³/mol. The first-order valence-corrected chi connectivity index (χ1v) is 6.50. The summed E-state index contributed by atoms with van der Waals surface area (Å²) in [6.45, 7) is 0.193. The Hall–Kier alpha value is -2.17. The molecule has 1 atom stereocenters. The van der Waals surface area contributed by atoms with Gasteiger partial charge in [0, 0.05) is 12.2 Å². The van der Waals surface area contributed by atoms with Crippen LogP contribution in [0.15, 0.2) is 54.6 Å². The normalized spacial score (nSPS) is 11.9. The number of hydrogen-bond acceptors (Lipinski definition) is 3. The van der Waals surface area contributed by atoms with Crippen molar-refractivity contribution in [2.45, 2.75) is 12.5 Å². The highest BCUT2D eigenvalue weighted by molar-refractivity contribution is 5.96. The summed E-state index contributed by atoms with van der Waals surface area (Å²) in [6.07, 6.45) is 0. The molecular formula is C16H18N2O2. The van der Waals surface area contributed by atoms with Gasteiger partial charge in [-0.25, -0.2) is 0 Å². The van der Waals surface area contributed by atoms with Crippen molar-refractivity contribution in [2.75, 3.05) is 11.9 Å². The molecule has 0 spiro atoms. The Morgan fingerprint density at radius 2 is 1.90 bits per heavy atom. The van der Waals surface area contributed by atoms with Crippen molar-refractivity contribution in [1.29, 1.82) is 0 Å². The zero-order chi connectivity index (χ0) is 14.4. The quantitative estimate of drug-likeness (QED) is 0.776. The van der Waals surface area contributed by atoms with Gasteiger partial charge in [-0.2, -0.15) is 0 Å². The maximum atomic E-state index is 12.3. The Labute approximate surface area is 118 Å². The van der Waals surface area contributed by atoms with Crippen molar-refractivity contribution in [3.8, 4) is 0 Å². The summed E-state index contributed by atoms with van der Waals surface area (Å²) in [5.41, 5.74) is 8.03. The van der Waals surface area contributed by atoms with Crippen LogP contribution in [0.3, 0.4) is 0 Å². The first-order chi connectivity index (χ1) is 9.74. The van der Waals surface area contributed by atoms with Gasteiger partial charge in [-0.15, -0.1) is 0 Å². The van der Waals surface area contributed by atoms with Crippen molar-refractivity contribution >= 4 is 11.6 Å². The maximum absolute atomic E-state index is 12.3. The molecule has 1 amide bonds. The molecule has 1 unspecified atom stereocenters. The largest absolute Gasteiger partial charge is 0.392 e. The van der Waals surface area contributed by atoms with Gasteiger partial charge in [0.1, 0.15) is 0 Å². The monoisotopic (exact) mass is 270 g/mol. The van der Waals surface area contributed by atoms with E-state index in [0.29, 0.717) is 5.69 Å². The zero-order valence-corrected chi connectivity index (χ0v) is 11.1. The van der Waals surface area contributed by atoms with Crippen LogP contribution in [0, 0.1) is 0 Å². The van der Waals surface area contributed by atoms with Crippen LogP contribution in [0.1, 0.15) is 17.0 Å². The third kappa shape index (κ3) is 3.44. The van der Waals surface area contributed by atoms with E-state index >= 15 is 0 Å². The second-order valence-corrected chi connectivity index (χ2v) is 4.55. The Balaban J connectivity index is 2.13. The second-order valence-electron chi connectivity index (χ2n) is 4.55. The molecule has 0 aliphatic carbocycles. The van der Waals surface area contributed by atoms with Gasteiger partial charge in [-0.05, 0) is 23.3 Å². The van der Waals surface area contributed by atoms with Gasteiger partial charge in [0.2, 0.25) is 5.91 Å². The second kappa shape index (κ2) is 6.84. The molecule has 104 valence electrons. The molecule has 2 aromatic carbocycles. The Morgan fingerprint density at radius 3 is 2.55 bits per heavy atom. The number of hydrogen-bond donors (Lipinski definition) is 3. The fraction of sp³-hybridized carbons (Fsp3) is 0.188. The van der Waals surface area contributed by atoms with Crippen LogP contribution in [-0.2, 0) is 11.4 Å². The van der Waals surface area contributed by atoms with Gasteiger partial charge in [-0.3, -0.25) is 4.79 Å². The summed E-state index contributed by atoms with van der Waals surface area (Å²) in [4.78, 5) is 12.3. The van der Waals surface area contributed by atoms with Crippen molar-refractivity contribution in [2.24, 2.45) is 5.73 Å². The first-order valence-electron chi connectivity index (χ1n) is 6.50. The lowest BCUT2D eigenvalue weighted by atomic mass is 9.98. The first kappa shape index (κ1) is 14.2. The van der Waals surface area contributed by atoms with Crippen molar-refractivity contribution in [1.82, 2.24) is 0 Å². The van der Waals surface area contributed by atoms with Crippen LogP contribution < -0.4 is 11.1 Å². The third-order valence-electron chi connectivity index (χ3n) is 3.13. The summed E-state index contributed by atoms with van der Waals surface area (Å²) in [5, 5.41) is 11.9. The molecule has 0 heterocycles. The molecule has 0 saturated carbocycles. The number of aliphatic hydroxyl groups excluding tert-OH is 1. The number of carbonyl (C=O) groups excluding carboxylic acids is 1. The van der Waals surface area contributed by atoms with Crippen molar-refractivity contribution in [3.63, 3.8) is 0 Å². The highest BCUT2D eigenvalue weighted by Crippen LogP contribution is 2.18.